The van der Waals surface area contributed by atoms with Crippen LogP contribution in [0.4, 0.5) is 16.2 Å². The maximum absolute atomic E-state index is 12.5. The van der Waals surface area contributed by atoms with E-state index in [0.29, 0.717) is 17.0 Å². The number of amides is 4. The number of ether oxygens (including phenoxy) is 1. The van der Waals surface area contributed by atoms with Gasteiger partial charge < -0.3 is 15.4 Å². The first-order valence-corrected chi connectivity index (χ1v) is 8.41. The van der Waals surface area contributed by atoms with Gasteiger partial charge in [-0.15, -0.1) is 0 Å². The van der Waals surface area contributed by atoms with Crippen molar-refractivity contribution in [1.29, 1.82) is 0 Å². The van der Waals surface area contributed by atoms with Crippen LogP contribution in [0.2, 0.25) is 0 Å². The number of imide groups is 1. The van der Waals surface area contributed by atoms with Crippen molar-refractivity contribution in [1.82, 2.24) is 10.2 Å². The van der Waals surface area contributed by atoms with Gasteiger partial charge in [-0.2, -0.15) is 0 Å². The number of carbonyl (C=O) groups is 3. The zero-order valence-electron chi connectivity index (χ0n) is 15.2. The highest BCUT2D eigenvalue weighted by Gasteiger charge is 2.35. The molecule has 0 saturated carbocycles. The Kier molecular flexibility index (Phi) is 5.54. The first-order valence-electron chi connectivity index (χ1n) is 8.41. The highest BCUT2D eigenvalue weighted by Crippen LogP contribution is 2.22. The van der Waals surface area contributed by atoms with Gasteiger partial charge in [0.25, 0.3) is 11.6 Å². The zero-order chi connectivity index (χ0) is 21.0. The predicted molar refractivity (Wildman–Crippen MR) is 103 cm³/mol. The number of para-hydroxylation sites is 1. The van der Waals surface area contributed by atoms with E-state index in [1.165, 1.54) is 37.5 Å². The molecule has 3 rings (SSSR count). The van der Waals surface area contributed by atoms with E-state index in [9.17, 15) is 24.5 Å². The molecule has 0 aromatic heterocycles. The molecule has 2 aromatic carbocycles. The van der Waals surface area contributed by atoms with E-state index >= 15 is 0 Å². The van der Waals surface area contributed by atoms with E-state index in [4.69, 9.17) is 4.74 Å². The Labute approximate surface area is 164 Å². The molecular weight excluding hydrogens is 380 g/mol. The predicted octanol–water partition coefficient (Wildman–Crippen LogP) is 2.13. The molecule has 2 aromatic rings. The van der Waals surface area contributed by atoms with E-state index in [1.54, 1.807) is 24.3 Å². The van der Waals surface area contributed by atoms with Crippen LogP contribution in [-0.2, 0) is 9.59 Å². The number of nitro benzene ring substituents is 1. The van der Waals surface area contributed by atoms with Crippen LogP contribution in [0.3, 0.4) is 0 Å². The zero-order valence-corrected chi connectivity index (χ0v) is 15.2. The van der Waals surface area contributed by atoms with Gasteiger partial charge in [0, 0.05) is 23.4 Å². The van der Waals surface area contributed by atoms with Gasteiger partial charge in [-0.25, -0.2) is 9.69 Å². The van der Waals surface area contributed by atoms with Gasteiger partial charge in [-0.05, 0) is 24.3 Å². The molecule has 0 radical (unpaired) electrons. The second-order valence-corrected chi connectivity index (χ2v) is 5.97. The minimum atomic E-state index is -0.727. The highest BCUT2D eigenvalue weighted by molar-refractivity contribution is 6.16. The number of hydrogen-bond acceptors (Lipinski definition) is 6. The van der Waals surface area contributed by atoms with Crippen molar-refractivity contribution in [2.24, 2.45) is 0 Å². The molecule has 1 aliphatic heterocycles. The van der Waals surface area contributed by atoms with Crippen molar-refractivity contribution >= 4 is 35.3 Å². The quantitative estimate of drug-likeness (QED) is 0.333. The standard InChI is InChI=1S/C19H16N4O6/c1-29-16-5-3-2-4-12(16)10-15-18(25)22(19(26)21-15)11-17(24)20-13-6-8-14(9-7-13)23(27)28/h2-10H,11H2,1H3,(H,20,24)(H,21,26)/b15-10-. The second kappa shape index (κ2) is 8.21. The number of nitro groups is 1. The van der Waals surface area contributed by atoms with Crippen molar-refractivity contribution < 1.29 is 24.0 Å². The molecule has 10 nitrogen and oxygen atoms in total. The van der Waals surface area contributed by atoms with Crippen LogP contribution >= 0.6 is 0 Å². The fourth-order valence-corrected chi connectivity index (χ4v) is 2.67. The van der Waals surface area contributed by atoms with Crippen LogP contribution in [-0.4, -0.2) is 41.3 Å². The third-order valence-corrected chi connectivity index (χ3v) is 4.06. The molecule has 1 aliphatic rings. The fourth-order valence-electron chi connectivity index (χ4n) is 2.67. The number of non-ortho nitro benzene ring substituents is 1. The number of urea groups is 1. The number of nitrogens with one attached hydrogen (secondary N) is 2. The van der Waals surface area contributed by atoms with E-state index < -0.39 is 29.3 Å². The number of hydrogen-bond donors (Lipinski definition) is 2. The Bertz CT molecular complexity index is 1020. The third kappa shape index (κ3) is 4.38. The van der Waals surface area contributed by atoms with Gasteiger partial charge in [-0.1, -0.05) is 18.2 Å². The van der Waals surface area contributed by atoms with Crippen LogP contribution in [0.1, 0.15) is 5.56 Å². The van der Waals surface area contributed by atoms with Crippen molar-refractivity contribution in [3.05, 3.63) is 69.9 Å². The molecule has 148 valence electrons. The summed E-state index contributed by atoms with van der Waals surface area (Å²) in [6, 6.07) is 11.4. The fraction of sp³-hybridized carbons (Fsp3) is 0.105. The largest absolute Gasteiger partial charge is 0.496 e. The van der Waals surface area contributed by atoms with E-state index in [1.807, 2.05) is 0 Å². The molecule has 0 bridgehead atoms. The van der Waals surface area contributed by atoms with Gasteiger partial charge in [0.05, 0.1) is 12.0 Å². The Morgan fingerprint density at radius 1 is 1.21 bits per heavy atom. The van der Waals surface area contributed by atoms with E-state index in [0.717, 1.165) is 4.90 Å². The molecule has 10 heteroatoms. The Hall–Kier alpha value is -4.21. The van der Waals surface area contributed by atoms with Crippen LogP contribution in [0.5, 0.6) is 5.75 Å². The van der Waals surface area contributed by atoms with Crippen molar-refractivity contribution in [3.63, 3.8) is 0 Å². The highest BCUT2D eigenvalue weighted by atomic mass is 16.6. The lowest BCUT2D eigenvalue weighted by Crippen LogP contribution is -2.38. The van der Waals surface area contributed by atoms with Crippen LogP contribution < -0.4 is 15.4 Å². The lowest BCUT2D eigenvalue weighted by atomic mass is 10.1. The summed E-state index contributed by atoms with van der Waals surface area (Å²) in [5, 5.41) is 15.6. The summed E-state index contributed by atoms with van der Waals surface area (Å²) >= 11 is 0. The van der Waals surface area contributed by atoms with Gasteiger partial charge >= 0.3 is 6.03 Å². The molecule has 1 heterocycles. The maximum Gasteiger partial charge on any atom is 0.329 e. The molecule has 0 aliphatic carbocycles. The molecule has 1 fully saturated rings. The number of anilines is 1. The van der Waals surface area contributed by atoms with Crippen LogP contribution in [0.25, 0.3) is 6.08 Å². The first kappa shape index (κ1) is 19.5. The van der Waals surface area contributed by atoms with E-state index in [2.05, 4.69) is 10.6 Å². The summed E-state index contributed by atoms with van der Waals surface area (Å²) in [5.74, 6) is -0.753. The van der Waals surface area contributed by atoms with Gasteiger partial charge in [-0.3, -0.25) is 19.7 Å². The van der Waals surface area contributed by atoms with Gasteiger partial charge in [0.15, 0.2) is 0 Å². The van der Waals surface area contributed by atoms with Crippen LogP contribution in [0, 0.1) is 10.1 Å². The number of carbonyl (C=O) groups excluding carboxylic acids is 3. The lowest BCUT2D eigenvalue weighted by Gasteiger charge is -2.11. The number of nitrogens with zero attached hydrogens (tertiary/aromatic N) is 2. The Morgan fingerprint density at radius 2 is 1.90 bits per heavy atom. The summed E-state index contributed by atoms with van der Waals surface area (Å²) in [6.45, 7) is -0.509. The first-order chi connectivity index (χ1) is 13.9. The summed E-state index contributed by atoms with van der Waals surface area (Å²) in [7, 11) is 1.49. The molecule has 0 unspecified atom stereocenters. The molecule has 1 saturated heterocycles. The number of methoxy groups -OCH3 is 1. The van der Waals surface area contributed by atoms with Crippen molar-refractivity contribution in [2.45, 2.75) is 0 Å². The smallest absolute Gasteiger partial charge is 0.329 e. The van der Waals surface area contributed by atoms with E-state index in [-0.39, 0.29) is 11.4 Å². The summed E-state index contributed by atoms with van der Waals surface area (Å²) in [4.78, 5) is 47.7. The third-order valence-electron chi connectivity index (χ3n) is 4.06. The number of benzene rings is 2. The number of rotatable bonds is 6. The molecule has 0 spiro atoms. The summed E-state index contributed by atoms with van der Waals surface area (Å²) < 4.78 is 5.21. The van der Waals surface area contributed by atoms with Crippen molar-refractivity contribution in [2.75, 3.05) is 19.0 Å². The SMILES string of the molecule is COc1ccccc1/C=C1\NC(=O)N(CC(=O)Nc2ccc([N+](=O)[O-])cc2)C1=O. The second-order valence-electron chi connectivity index (χ2n) is 5.97. The minimum absolute atomic E-state index is 0.0163. The normalized spacial score (nSPS) is 14.7. The molecular formula is C19H16N4O6. The molecule has 4 amide bonds. The average molecular weight is 396 g/mol. The molecule has 29 heavy (non-hydrogen) atoms. The Morgan fingerprint density at radius 3 is 2.55 bits per heavy atom. The lowest BCUT2D eigenvalue weighted by molar-refractivity contribution is -0.384. The Balaban J connectivity index is 1.69. The maximum atomic E-state index is 12.5. The van der Waals surface area contributed by atoms with Gasteiger partial charge in [0.1, 0.15) is 18.0 Å². The topological polar surface area (TPSA) is 131 Å². The summed E-state index contributed by atoms with van der Waals surface area (Å²) in [6.07, 6.45) is 1.47. The average Bonchev–Trinajstić information content (AvgIpc) is 2.96. The van der Waals surface area contributed by atoms with Crippen molar-refractivity contribution in [3.8, 4) is 5.75 Å². The minimum Gasteiger partial charge on any atom is -0.496 e. The molecule has 0 atom stereocenters. The van der Waals surface area contributed by atoms with Crippen LogP contribution in [0.15, 0.2) is 54.2 Å². The summed E-state index contributed by atoms with van der Waals surface area (Å²) in [5.41, 5.74) is 0.791. The van der Waals surface area contributed by atoms with Gasteiger partial charge in [0.2, 0.25) is 5.91 Å². The molecule has 2 N–H and O–H groups in total. The monoisotopic (exact) mass is 396 g/mol.